The molecular formula is C40H31ClF6N12O2. The first-order valence-electron chi connectivity index (χ1n) is 17.7. The molecule has 0 spiro atoms. The number of halogens is 7. The molecule has 312 valence electrons. The maximum atomic E-state index is 12.2. The van der Waals surface area contributed by atoms with Crippen LogP contribution in [0.1, 0.15) is 0 Å². The van der Waals surface area contributed by atoms with Crippen molar-refractivity contribution in [1.82, 2.24) is 49.8 Å². The first kappa shape index (κ1) is 43.0. The van der Waals surface area contributed by atoms with Gasteiger partial charge < -0.3 is 21.3 Å². The van der Waals surface area contributed by atoms with E-state index < -0.39 is 37.5 Å². The first-order chi connectivity index (χ1) is 28.8. The first-order valence-corrected chi connectivity index (χ1v) is 17.7. The quantitative estimate of drug-likeness (QED) is 0.110. The Kier molecular flexibility index (Phi) is 13.1. The lowest BCUT2D eigenvalue weighted by Crippen LogP contribution is -2.36. The number of imidazole rings is 2. The van der Waals surface area contributed by atoms with Crippen LogP contribution < -0.4 is 21.3 Å². The minimum absolute atomic E-state index is 0. The van der Waals surface area contributed by atoms with E-state index in [0.717, 1.165) is 45.0 Å². The van der Waals surface area contributed by atoms with Gasteiger partial charge in [0.05, 0.1) is 35.2 Å². The molecular weight excluding hydrogens is 830 g/mol. The molecule has 8 rings (SSSR count). The van der Waals surface area contributed by atoms with E-state index >= 15 is 0 Å². The highest BCUT2D eigenvalue weighted by molar-refractivity contribution is 5.91. The summed E-state index contributed by atoms with van der Waals surface area (Å²) >= 11 is 0. The van der Waals surface area contributed by atoms with Crippen molar-refractivity contribution >= 4 is 47.1 Å². The molecule has 0 bridgehead atoms. The van der Waals surface area contributed by atoms with Crippen LogP contribution in [-0.4, -0.2) is 76.7 Å². The molecule has 0 saturated heterocycles. The molecule has 6 heterocycles. The average Bonchev–Trinajstić information content (AvgIpc) is 3.87. The number of anilines is 2. The van der Waals surface area contributed by atoms with Gasteiger partial charge in [-0.2, -0.15) is 46.7 Å². The van der Waals surface area contributed by atoms with Gasteiger partial charge in [-0.25, -0.2) is 19.6 Å². The van der Waals surface area contributed by atoms with E-state index in [1.807, 2.05) is 69.7 Å². The molecule has 0 radical (unpaired) electrons. The second kappa shape index (κ2) is 18.5. The van der Waals surface area contributed by atoms with E-state index in [4.69, 9.17) is 0 Å². The lowest BCUT2D eigenvalue weighted by Gasteiger charge is -2.11. The third-order valence-corrected chi connectivity index (χ3v) is 8.49. The molecule has 2 aromatic carbocycles. The highest BCUT2D eigenvalue weighted by atomic mass is 35.5. The van der Waals surface area contributed by atoms with Gasteiger partial charge in [-0.1, -0.05) is 24.3 Å². The van der Waals surface area contributed by atoms with Gasteiger partial charge in [-0.15, -0.1) is 12.4 Å². The van der Waals surface area contributed by atoms with Gasteiger partial charge in [-0.3, -0.25) is 8.80 Å². The number of urea groups is 2. The van der Waals surface area contributed by atoms with Crippen LogP contribution in [0.25, 0.3) is 56.3 Å². The Balaban J connectivity index is 0.000000201. The predicted molar refractivity (Wildman–Crippen MR) is 217 cm³/mol. The second-order valence-corrected chi connectivity index (χ2v) is 12.8. The molecule has 0 saturated carbocycles. The molecule has 6 aromatic heterocycles. The summed E-state index contributed by atoms with van der Waals surface area (Å²) in [5.41, 5.74) is 8.27. The van der Waals surface area contributed by atoms with Crippen LogP contribution >= 0.6 is 12.4 Å². The average molecular weight is 861 g/mol. The van der Waals surface area contributed by atoms with Crippen LogP contribution in [0.15, 0.2) is 134 Å². The number of rotatable bonds is 8. The molecule has 0 aliphatic rings. The van der Waals surface area contributed by atoms with Crippen LogP contribution in [0, 0.1) is 0 Å². The number of benzene rings is 2. The molecule has 61 heavy (non-hydrogen) atoms. The highest BCUT2D eigenvalue weighted by Crippen LogP contribution is 2.28. The van der Waals surface area contributed by atoms with Gasteiger partial charge in [-0.05, 0) is 72.8 Å². The molecule has 14 nitrogen and oxygen atoms in total. The SMILES string of the molecule is Cl.O=C(NCC(F)(F)F)Nc1cccc(-c2cnc3cc(-c4cccnn4)ccn23)c1.O=C(NCC(F)(F)F)Nc1cccc(-c2cnc3cc(-c4cccnn4)ccn23)c1. The summed E-state index contributed by atoms with van der Waals surface area (Å²) in [5, 5.41) is 24.3. The largest absolute Gasteiger partial charge is 0.405 e. The number of hydrogen-bond acceptors (Lipinski definition) is 8. The van der Waals surface area contributed by atoms with Gasteiger partial charge in [0.15, 0.2) is 0 Å². The van der Waals surface area contributed by atoms with Crippen molar-refractivity contribution < 1.29 is 35.9 Å². The number of fused-ring (bicyclic) bond motifs is 2. The predicted octanol–water partition coefficient (Wildman–Crippen LogP) is 8.71. The lowest BCUT2D eigenvalue weighted by atomic mass is 10.1. The molecule has 4 amide bonds. The molecule has 0 aliphatic carbocycles. The van der Waals surface area contributed by atoms with E-state index in [0.29, 0.717) is 22.7 Å². The molecule has 8 aromatic rings. The topological polar surface area (TPSA) is 168 Å². The fourth-order valence-electron chi connectivity index (χ4n) is 5.84. The standard InChI is InChI=1S/2C20H15F3N6O.ClH/c2*21-20(22,23)12-25-19(30)27-15-4-1-3-14(9-15)17-11-24-18-10-13(6-8-29(17)18)16-5-2-7-26-28-16;/h2*1-11H,12H2,(H2,25,27,30);1H. The number of pyridine rings is 2. The van der Waals surface area contributed by atoms with Crippen molar-refractivity contribution in [2.24, 2.45) is 0 Å². The van der Waals surface area contributed by atoms with E-state index in [1.54, 1.807) is 84.0 Å². The van der Waals surface area contributed by atoms with E-state index in [9.17, 15) is 35.9 Å². The summed E-state index contributed by atoms with van der Waals surface area (Å²) in [6, 6.07) is 26.5. The normalized spacial score (nSPS) is 11.2. The Hall–Kier alpha value is -7.61. The van der Waals surface area contributed by atoms with Gasteiger partial charge >= 0.3 is 24.4 Å². The van der Waals surface area contributed by atoms with Crippen LogP contribution in [0.2, 0.25) is 0 Å². The van der Waals surface area contributed by atoms with Crippen molar-refractivity contribution in [3.8, 4) is 45.0 Å². The Labute approximate surface area is 347 Å². The number of carbonyl (C=O) groups is 2. The van der Waals surface area contributed by atoms with E-state index in [-0.39, 0.29) is 12.4 Å². The number of nitrogens with zero attached hydrogens (tertiary/aromatic N) is 8. The maximum Gasteiger partial charge on any atom is 0.405 e. The number of carbonyl (C=O) groups excluding carboxylic acids is 2. The Morgan fingerprint density at radius 1 is 0.541 bits per heavy atom. The summed E-state index contributed by atoms with van der Waals surface area (Å²) in [7, 11) is 0. The monoisotopic (exact) mass is 860 g/mol. The molecule has 0 unspecified atom stereocenters. The Bertz CT molecular complexity index is 2580. The second-order valence-electron chi connectivity index (χ2n) is 12.8. The molecule has 21 heteroatoms. The van der Waals surface area contributed by atoms with Crippen molar-refractivity contribution in [3.05, 3.63) is 134 Å². The molecule has 0 fully saturated rings. The highest BCUT2D eigenvalue weighted by Gasteiger charge is 2.28. The van der Waals surface area contributed by atoms with Gasteiger partial charge in [0, 0.05) is 58.4 Å². The summed E-state index contributed by atoms with van der Waals surface area (Å²) in [4.78, 5) is 32.2. The van der Waals surface area contributed by atoms with E-state index in [2.05, 4.69) is 41.0 Å². The summed E-state index contributed by atoms with van der Waals surface area (Å²) in [5.74, 6) is 0. The van der Waals surface area contributed by atoms with Crippen molar-refractivity contribution in [1.29, 1.82) is 0 Å². The van der Waals surface area contributed by atoms with E-state index in [1.165, 1.54) is 0 Å². The minimum atomic E-state index is -4.47. The zero-order valence-corrected chi connectivity index (χ0v) is 32.0. The lowest BCUT2D eigenvalue weighted by molar-refractivity contribution is -0.123. The maximum absolute atomic E-state index is 12.2. The van der Waals surface area contributed by atoms with Crippen LogP contribution in [0.4, 0.5) is 47.3 Å². The number of amides is 4. The van der Waals surface area contributed by atoms with Gasteiger partial charge in [0.25, 0.3) is 0 Å². The van der Waals surface area contributed by atoms with Crippen molar-refractivity contribution in [2.45, 2.75) is 12.4 Å². The Morgan fingerprint density at radius 2 is 0.967 bits per heavy atom. The smallest absolute Gasteiger partial charge is 0.329 e. The molecule has 0 aliphatic heterocycles. The number of hydrogen-bond donors (Lipinski definition) is 4. The number of aromatic nitrogens is 8. The van der Waals surface area contributed by atoms with Crippen LogP contribution in [0.5, 0.6) is 0 Å². The van der Waals surface area contributed by atoms with Crippen LogP contribution in [-0.2, 0) is 0 Å². The summed E-state index contributed by atoms with van der Waals surface area (Å²) in [6.07, 6.45) is 1.30. The van der Waals surface area contributed by atoms with Crippen LogP contribution in [0.3, 0.4) is 0 Å². The van der Waals surface area contributed by atoms with Gasteiger partial charge in [0.2, 0.25) is 0 Å². The molecule has 4 N–H and O–H groups in total. The minimum Gasteiger partial charge on any atom is -0.329 e. The summed E-state index contributed by atoms with van der Waals surface area (Å²) in [6.45, 7) is -2.81. The molecule has 0 atom stereocenters. The third kappa shape index (κ3) is 11.3. The fourth-order valence-corrected chi connectivity index (χ4v) is 5.84. The zero-order valence-electron chi connectivity index (χ0n) is 31.2. The zero-order chi connectivity index (χ0) is 42.3. The van der Waals surface area contributed by atoms with Gasteiger partial charge in [0.1, 0.15) is 24.4 Å². The third-order valence-electron chi connectivity index (χ3n) is 8.49. The van der Waals surface area contributed by atoms with Crippen molar-refractivity contribution in [3.63, 3.8) is 0 Å². The Morgan fingerprint density at radius 3 is 1.34 bits per heavy atom. The number of nitrogens with one attached hydrogen (secondary N) is 4. The summed E-state index contributed by atoms with van der Waals surface area (Å²) < 4.78 is 77.1. The number of alkyl halides is 6. The fraction of sp³-hybridized carbons (Fsp3) is 0.100. The van der Waals surface area contributed by atoms with Crippen molar-refractivity contribution in [2.75, 3.05) is 23.7 Å².